The smallest absolute Gasteiger partial charge is 0.243 e. The Morgan fingerprint density at radius 2 is 2.07 bits per heavy atom. The number of rotatable bonds is 0. The number of halogens is 1. The van der Waals surface area contributed by atoms with E-state index in [0.717, 1.165) is 11.3 Å². The number of nitrogens with zero attached hydrogens (tertiary/aromatic N) is 1. The Morgan fingerprint density at radius 1 is 1.43 bits per heavy atom. The molecule has 1 aliphatic heterocycles. The van der Waals surface area contributed by atoms with E-state index in [0.29, 0.717) is 6.42 Å². The minimum Gasteiger partial charge on any atom is -0.320 e. The number of hydrogen-bond donors (Lipinski definition) is 1. The van der Waals surface area contributed by atoms with Gasteiger partial charge in [-0.05, 0) is 18.1 Å². The van der Waals surface area contributed by atoms with Crippen molar-refractivity contribution in [1.82, 2.24) is 0 Å². The lowest BCUT2D eigenvalue weighted by Crippen LogP contribution is -2.46. The molecule has 0 saturated heterocycles. The highest BCUT2D eigenvalue weighted by Gasteiger charge is 2.26. The Morgan fingerprint density at radius 3 is 2.79 bits per heavy atom. The maximum absolute atomic E-state index is 11.5. The van der Waals surface area contributed by atoms with Crippen LogP contribution in [0.5, 0.6) is 0 Å². The van der Waals surface area contributed by atoms with Gasteiger partial charge in [-0.15, -0.1) is 12.4 Å². The third-order valence-corrected chi connectivity index (χ3v) is 2.44. The second-order valence-corrected chi connectivity index (χ2v) is 3.34. The molecule has 1 aliphatic rings. The molecule has 0 radical (unpaired) electrons. The van der Waals surface area contributed by atoms with Crippen LogP contribution in [-0.4, -0.2) is 19.0 Å². The van der Waals surface area contributed by atoms with Crippen LogP contribution in [0.2, 0.25) is 0 Å². The molecule has 2 rings (SSSR count). The molecule has 76 valence electrons. The van der Waals surface area contributed by atoms with Crippen molar-refractivity contribution in [1.29, 1.82) is 0 Å². The first kappa shape index (κ1) is 11.0. The first-order chi connectivity index (χ1) is 6.20. The van der Waals surface area contributed by atoms with E-state index in [9.17, 15) is 4.79 Å². The summed E-state index contributed by atoms with van der Waals surface area (Å²) in [6, 6.07) is 7.48. The van der Waals surface area contributed by atoms with Crippen LogP contribution >= 0.6 is 12.4 Å². The minimum atomic E-state index is -0.375. The van der Waals surface area contributed by atoms with Crippen molar-refractivity contribution < 1.29 is 4.79 Å². The van der Waals surface area contributed by atoms with Gasteiger partial charge in [0.25, 0.3) is 0 Å². The zero-order valence-electron chi connectivity index (χ0n) is 7.93. The number of para-hydroxylation sites is 1. The van der Waals surface area contributed by atoms with E-state index >= 15 is 0 Å². The molecule has 4 heteroatoms. The molecule has 1 amide bonds. The van der Waals surface area contributed by atoms with Gasteiger partial charge in [0, 0.05) is 12.7 Å². The molecule has 1 aromatic carbocycles. The largest absolute Gasteiger partial charge is 0.320 e. The lowest BCUT2D eigenvalue weighted by Gasteiger charge is -2.29. The number of nitrogens with two attached hydrogens (primary N) is 1. The van der Waals surface area contributed by atoms with Gasteiger partial charge in [-0.1, -0.05) is 18.2 Å². The molecular formula is C10H13ClN2O. The van der Waals surface area contributed by atoms with Crippen molar-refractivity contribution in [2.24, 2.45) is 5.73 Å². The van der Waals surface area contributed by atoms with Crippen LogP contribution in [0.15, 0.2) is 24.3 Å². The van der Waals surface area contributed by atoms with Gasteiger partial charge in [-0.25, -0.2) is 0 Å². The van der Waals surface area contributed by atoms with Gasteiger partial charge in [0.05, 0.1) is 6.04 Å². The molecule has 1 heterocycles. The van der Waals surface area contributed by atoms with Crippen LogP contribution in [-0.2, 0) is 11.2 Å². The van der Waals surface area contributed by atoms with E-state index in [2.05, 4.69) is 0 Å². The fourth-order valence-corrected chi connectivity index (χ4v) is 1.70. The van der Waals surface area contributed by atoms with Gasteiger partial charge in [0.2, 0.25) is 5.91 Å². The van der Waals surface area contributed by atoms with Crippen molar-refractivity contribution >= 4 is 24.0 Å². The van der Waals surface area contributed by atoms with Gasteiger partial charge in [0.1, 0.15) is 0 Å². The first-order valence-electron chi connectivity index (χ1n) is 4.31. The molecule has 1 aromatic rings. The molecule has 14 heavy (non-hydrogen) atoms. The number of fused-ring (bicyclic) bond motifs is 1. The summed E-state index contributed by atoms with van der Waals surface area (Å²) in [6.45, 7) is 0. The first-order valence-corrected chi connectivity index (χ1v) is 4.31. The Balaban J connectivity index is 0.000000980. The zero-order chi connectivity index (χ0) is 9.42. The number of anilines is 1. The standard InChI is InChI=1S/C10H12N2O.ClH/c1-12-9-5-3-2-4-7(9)6-8(11)10(12)13;/h2-5,8H,6,11H2,1H3;1H/t8-;/m1./s1. The molecule has 0 unspecified atom stereocenters. The topological polar surface area (TPSA) is 46.3 Å². The summed E-state index contributed by atoms with van der Waals surface area (Å²) in [5.41, 5.74) is 7.82. The predicted molar refractivity (Wildman–Crippen MR) is 58.8 cm³/mol. The van der Waals surface area contributed by atoms with Crippen molar-refractivity contribution in [3.8, 4) is 0 Å². The third kappa shape index (κ3) is 1.61. The summed E-state index contributed by atoms with van der Waals surface area (Å²) in [5.74, 6) is -0.00120. The van der Waals surface area contributed by atoms with Gasteiger partial charge < -0.3 is 10.6 Å². The maximum Gasteiger partial charge on any atom is 0.243 e. The zero-order valence-corrected chi connectivity index (χ0v) is 8.75. The molecule has 0 bridgehead atoms. The van der Waals surface area contributed by atoms with E-state index in [1.807, 2.05) is 24.3 Å². The lowest BCUT2D eigenvalue weighted by atomic mass is 9.98. The summed E-state index contributed by atoms with van der Waals surface area (Å²) in [5, 5.41) is 0. The van der Waals surface area contributed by atoms with E-state index in [4.69, 9.17) is 5.73 Å². The van der Waals surface area contributed by atoms with Crippen LogP contribution in [0.1, 0.15) is 5.56 Å². The highest BCUT2D eigenvalue weighted by Crippen LogP contribution is 2.25. The predicted octanol–water partition coefficient (Wildman–Crippen LogP) is 0.955. The van der Waals surface area contributed by atoms with Crippen LogP contribution in [0.25, 0.3) is 0 Å². The summed E-state index contributed by atoms with van der Waals surface area (Å²) in [7, 11) is 1.76. The molecule has 3 nitrogen and oxygen atoms in total. The minimum absolute atomic E-state index is 0. The molecule has 0 spiro atoms. The molecule has 0 fully saturated rings. The SMILES string of the molecule is CN1C(=O)[C@H](N)Cc2ccccc21.Cl. The van der Waals surface area contributed by atoms with Crippen molar-refractivity contribution in [2.45, 2.75) is 12.5 Å². The summed E-state index contributed by atoms with van der Waals surface area (Å²) < 4.78 is 0. The average molecular weight is 213 g/mol. The van der Waals surface area contributed by atoms with Crippen molar-refractivity contribution in [2.75, 3.05) is 11.9 Å². The van der Waals surface area contributed by atoms with E-state index in [-0.39, 0.29) is 24.4 Å². The summed E-state index contributed by atoms with van der Waals surface area (Å²) >= 11 is 0. The highest BCUT2D eigenvalue weighted by atomic mass is 35.5. The monoisotopic (exact) mass is 212 g/mol. The maximum atomic E-state index is 11.5. The third-order valence-electron chi connectivity index (χ3n) is 2.44. The van der Waals surface area contributed by atoms with Gasteiger partial charge in [-0.2, -0.15) is 0 Å². The van der Waals surface area contributed by atoms with Gasteiger partial charge in [-0.3, -0.25) is 4.79 Å². The van der Waals surface area contributed by atoms with E-state index in [1.165, 1.54) is 0 Å². The molecule has 1 atom stereocenters. The Labute approximate surface area is 89.3 Å². The summed E-state index contributed by atoms with van der Waals surface area (Å²) in [4.78, 5) is 13.1. The van der Waals surface area contributed by atoms with E-state index in [1.54, 1.807) is 11.9 Å². The number of benzene rings is 1. The van der Waals surface area contributed by atoms with Crippen LogP contribution in [0, 0.1) is 0 Å². The quantitative estimate of drug-likeness (QED) is 0.696. The normalized spacial score (nSPS) is 20.0. The number of carbonyl (C=O) groups is 1. The second kappa shape index (κ2) is 3.98. The lowest BCUT2D eigenvalue weighted by molar-refractivity contribution is -0.119. The molecule has 0 saturated carbocycles. The summed E-state index contributed by atoms with van der Waals surface area (Å²) in [6.07, 6.45) is 0.652. The number of likely N-dealkylation sites (N-methyl/N-ethyl adjacent to an activating group) is 1. The van der Waals surface area contributed by atoms with Crippen molar-refractivity contribution in [3.63, 3.8) is 0 Å². The number of hydrogen-bond acceptors (Lipinski definition) is 2. The highest BCUT2D eigenvalue weighted by molar-refractivity contribution is 5.99. The van der Waals surface area contributed by atoms with E-state index < -0.39 is 0 Å². The van der Waals surface area contributed by atoms with Crippen LogP contribution < -0.4 is 10.6 Å². The average Bonchev–Trinajstić information content (AvgIpc) is 2.15. The number of carbonyl (C=O) groups excluding carboxylic acids is 1. The Bertz CT molecular complexity index is 354. The van der Waals surface area contributed by atoms with Crippen molar-refractivity contribution in [3.05, 3.63) is 29.8 Å². The second-order valence-electron chi connectivity index (χ2n) is 3.34. The Hall–Kier alpha value is -1.06. The molecule has 0 aliphatic carbocycles. The van der Waals surface area contributed by atoms with Crippen LogP contribution in [0.3, 0.4) is 0 Å². The van der Waals surface area contributed by atoms with Gasteiger partial charge >= 0.3 is 0 Å². The molecule has 2 N–H and O–H groups in total. The fraction of sp³-hybridized carbons (Fsp3) is 0.300. The van der Waals surface area contributed by atoms with Crippen LogP contribution in [0.4, 0.5) is 5.69 Å². The Kier molecular flexibility index (Phi) is 3.13. The fourth-order valence-electron chi connectivity index (χ4n) is 1.70. The van der Waals surface area contributed by atoms with Gasteiger partial charge in [0.15, 0.2) is 0 Å². The number of amides is 1. The molecular weight excluding hydrogens is 200 g/mol. The molecule has 0 aromatic heterocycles.